The maximum Gasteiger partial charge on any atom is 0.276 e. The summed E-state index contributed by atoms with van der Waals surface area (Å²) in [7, 11) is -2.18. The maximum atomic E-state index is 12.2. The van der Waals surface area contributed by atoms with Crippen molar-refractivity contribution in [3.63, 3.8) is 0 Å². The van der Waals surface area contributed by atoms with Crippen LogP contribution >= 0.6 is 27.3 Å². The summed E-state index contributed by atoms with van der Waals surface area (Å²) in [6, 6.07) is 4.67. The Kier molecular flexibility index (Phi) is 4.46. The predicted octanol–water partition coefficient (Wildman–Crippen LogP) is 2.42. The molecule has 0 amide bonds. The van der Waals surface area contributed by atoms with Crippen molar-refractivity contribution < 1.29 is 17.9 Å². The summed E-state index contributed by atoms with van der Waals surface area (Å²) in [4.78, 5) is 0. The molecule has 0 atom stereocenters. The van der Waals surface area contributed by atoms with Gasteiger partial charge >= 0.3 is 0 Å². The van der Waals surface area contributed by atoms with Crippen LogP contribution in [0.1, 0.15) is 11.3 Å². The van der Waals surface area contributed by atoms with Gasteiger partial charge in [-0.1, -0.05) is 0 Å². The average molecular weight is 366 g/mol. The van der Waals surface area contributed by atoms with Crippen molar-refractivity contribution in [3.8, 4) is 0 Å². The van der Waals surface area contributed by atoms with Crippen LogP contribution < -0.4 is 0 Å². The lowest BCUT2D eigenvalue weighted by Crippen LogP contribution is -2.25. The number of sulfonamides is 1. The SMILES string of the molecule is CN(Cc1csc(Br)c1)S(=O)(=O)c1ccc(CO)o1. The molecule has 0 aromatic carbocycles. The van der Waals surface area contributed by atoms with Gasteiger partial charge in [0, 0.05) is 13.6 Å². The van der Waals surface area contributed by atoms with E-state index in [1.54, 1.807) is 0 Å². The number of thiophene rings is 1. The summed E-state index contributed by atoms with van der Waals surface area (Å²) >= 11 is 4.83. The fraction of sp³-hybridized carbons (Fsp3) is 0.273. The lowest BCUT2D eigenvalue weighted by molar-refractivity contribution is 0.235. The second-order valence-corrected chi connectivity index (χ2v) is 8.17. The number of hydrogen-bond acceptors (Lipinski definition) is 5. The van der Waals surface area contributed by atoms with E-state index in [1.165, 1.54) is 34.8 Å². The topological polar surface area (TPSA) is 70.8 Å². The third-order valence-electron chi connectivity index (χ3n) is 2.48. The van der Waals surface area contributed by atoms with E-state index in [-0.39, 0.29) is 24.0 Å². The highest BCUT2D eigenvalue weighted by atomic mass is 79.9. The molecule has 0 unspecified atom stereocenters. The first-order chi connectivity index (χ1) is 8.93. The number of furan rings is 1. The summed E-state index contributed by atoms with van der Waals surface area (Å²) < 4.78 is 31.7. The van der Waals surface area contributed by atoms with Crippen molar-refractivity contribution in [2.45, 2.75) is 18.2 Å². The quantitative estimate of drug-likeness (QED) is 0.882. The zero-order chi connectivity index (χ0) is 14.0. The van der Waals surface area contributed by atoms with Crippen LogP contribution in [-0.2, 0) is 23.2 Å². The van der Waals surface area contributed by atoms with Gasteiger partial charge < -0.3 is 9.52 Å². The van der Waals surface area contributed by atoms with Gasteiger partial charge in [0.05, 0.1) is 3.79 Å². The lowest BCUT2D eigenvalue weighted by Gasteiger charge is -2.14. The van der Waals surface area contributed by atoms with Crippen LogP contribution in [0.15, 0.2) is 36.9 Å². The molecule has 2 aromatic rings. The number of hydrogen-bond donors (Lipinski definition) is 1. The van der Waals surface area contributed by atoms with Crippen LogP contribution in [0.4, 0.5) is 0 Å². The van der Waals surface area contributed by atoms with Gasteiger partial charge in [0.15, 0.2) is 0 Å². The average Bonchev–Trinajstić information content (AvgIpc) is 2.98. The van der Waals surface area contributed by atoms with E-state index in [2.05, 4.69) is 15.9 Å². The molecule has 0 spiro atoms. The van der Waals surface area contributed by atoms with E-state index in [0.29, 0.717) is 0 Å². The van der Waals surface area contributed by atoms with E-state index in [1.807, 2.05) is 11.4 Å². The second-order valence-electron chi connectivity index (χ2n) is 3.90. The van der Waals surface area contributed by atoms with E-state index < -0.39 is 10.0 Å². The first kappa shape index (κ1) is 14.7. The number of aliphatic hydroxyl groups is 1. The summed E-state index contributed by atoms with van der Waals surface area (Å²) in [6.07, 6.45) is 0. The maximum absolute atomic E-state index is 12.2. The van der Waals surface area contributed by atoms with Gasteiger partial charge in [-0.05, 0) is 45.1 Å². The molecule has 0 saturated heterocycles. The van der Waals surface area contributed by atoms with Gasteiger partial charge in [0.2, 0.25) is 5.09 Å². The van der Waals surface area contributed by atoms with Crippen LogP contribution in [0.2, 0.25) is 0 Å². The molecule has 0 aliphatic rings. The van der Waals surface area contributed by atoms with Gasteiger partial charge in [-0.2, -0.15) is 4.31 Å². The molecular weight excluding hydrogens is 354 g/mol. The molecule has 0 aliphatic heterocycles. The van der Waals surface area contributed by atoms with Crippen LogP contribution in [0.25, 0.3) is 0 Å². The van der Waals surface area contributed by atoms with Crippen molar-refractivity contribution in [1.82, 2.24) is 4.31 Å². The van der Waals surface area contributed by atoms with Gasteiger partial charge in [0.1, 0.15) is 12.4 Å². The largest absolute Gasteiger partial charge is 0.446 e. The zero-order valence-electron chi connectivity index (χ0n) is 10.0. The molecule has 0 radical (unpaired) electrons. The van der Waals surface area contributed by atoms with Crippen molar-refractivity contribution in [3.05, 3.63) is 38.7 Å². The fourth-order valence-electron chi connectivity index (χ4n) is 1.51. The van der Waals surface area contributed by atoms with Crippen molar-refractivity contribution in [2.24, 2.45) is 0 Å². The highest BCUT2D eigenvalue weighted by Gasteiger charge is 2.24. The molecule has 2 aromatic heterocycles. The van der Waals surface area contributed by atoms with E-state index in [4.69, 9.17) is 9.52 Å². The van der Waals surface area contributed by atoms with Crippen LogP contribution in [-0.4, -0.2) is 24.9 Å². The molecular formula is C11H12BrNO4S2. The molecule has 19 heavy (non-hydrogen) atoms. The summed E-state index contributed by atoms with van der Waals surface area (Å²) in [5.74, 6) is 0.227. The number of aliphatic hydroxyl groups excluding tert-OH is 1. The van der Waals surface area contributed by atoms with E-state index >= 15 is 0 Å². The minimum Gasteiger partial charge on any atom is -0.446 e. The smallest absolute Gasteiger partial charge is 0.276 e. The number of halogens is 1. The Bertz CT molecular complexity index is 662. The number of nitrogens with zero attached hydrogens (tertiary/aromatic N) is 1. The Labute approximate surface area is 123 Å². The van der Waals surface area contributed by atoms with Crippen LogP contribution in [0, 0.1) is 0 Å². The van der Waals surface area contributed by atoms with E-state index in [9.17, 15) is 8.42 Å². The Morgan fingerprint density at radius 3 is 2.74 bits per heavy atom. The fourth-order valence-corrected chi connectivity index (χ4v) is 3.79. The van der Waals surface area contributed by atoms with Crippen molar-refractivity contribution >= 4 is 37.3 Å². The monoisotopic (exact) mass is 365 g/mol. The lowest BCUT2D eigenvalue weighted by atomic mass is 10.3. The summed E-state index contributed by atoms with van der Waals surface area (Å²) in [5.41, 5.74) is 0.900. The van der Waals surface area contributed by atoms with Crippen molar-refractivity contribution in [2.75, 3.05) is 7.05 Å². The normalized spacial score (nSPS) is 12.2. The molecule has 0 aliphatic carbocycles. The van der Waals surface area contributed by atoms with Gasteiger partial charge in [-0.15, -0.1) is 11.3 Å². The Morgan fingerprint density at radius 1 is 1.47 bits per heavy atom. The predicted molar refractivity (Wildman–Crippen MR) is 75.3 cm³/mol. The minimum absolute atomic E-state index is 0.159. The summed E-state index contributed by atoms with van der Waals surface area (Å²) in [5, 5.41) is 10.6. The second kappa shape index (κ2) is 5.76. The third kappa shape index (κ3) is 3.26. The molecule has 5 nitrogen and oxygen atoms in total. The van der Waals surface area contributed by atoms with Crippen molar-refractivity contribution in [1.29, 1.82) is 0 Å². The molecule has 0 fully saturated rings. The number of rotatable bonds is 5. The molecule has 2 rings (SSSR count). The first-order valence-corrected chi connectivity index (χ1v) is 8.43. The van der Waals surface area contributed by atoms with Gasteiger partial charge in [-0.25, -0.2) is 8.42 Å². The van der Waals surface area contributed by atoms with Crippen LogP contribution in [0.5, 0.6) is 0 Å². The Balaban J connectivity index is 2.19. The molecule has 104 valence electrons. The first-order valence-electron chi connectivity index (χ1n) is 5.32. The Morgan fingerprint density at radius 2 is 2.21 bits per heavy atom. The molecule has 1 N–H and O–H groups in total. The molecule has 0 saturated carbocycles. The molecule has 2 heterocycles. The minimum atomic E-state index is -3.67. The summed E-state index contributed by atoms with van der Waals surface area (Å²) in [6.45, 7) is -0.0592. The molecule has 0 bridgehead atoms. The highest BCUT2D eigenvalue weighted by Crippen LogP contribution is 2.24. The molecule has 8 heteroatoms. The third-order valence-corrected chi connectivity index (χ3v) is 5.72. The van der Waals surface area contributed by atoms with Gasteiger partial charge in [-0.3, -0.25) is 0 Å². The zero-order valence-corrected chi connectivity index (χ0v) is 13.3. The van der Waals surface area contributed by atoms with E-state index in [0.717, 1.165) is 9.35 Å². The highest BCUT2D eigenvalue weighted by molar-refractivity contribution is 9.11. The Hall–Kier alpha value is -0.670. The van der Waals surface area contributed by atoms with Gasteiger partial charge in [0.25, 0.3) is 10.0 Å². The standard InChI is InChI=1S/C11H12BrNO4S2/c1-13(5-8-4-10(12)18-7-8)19(15,16)11-3-2-9(6-14)17-11/h2-4,7,14H,5-6H2,1H3. The van der Waals surface area contributed by atoms with Crippen LogP contribution in [0.3, 0.4) is 0 Å².